The first-order chi connectivity index (χ1) is 8.25. The Hall–Kier alpha value is -1.78. The Morgan fingerprint density at radius 2 is 1.94 bits per heavy atom. The number of methoxy groups -OCH3 is 1. The first kappa shape index (κ1) is 14.3. The fraction of sp³-hybridized carbons (Fsp3) is 0.538. The molecule has 0 aliphatic rings. The van der Waals surface area contributed by atoms with Crippen LogP contribution in [0.5, 0.6) is 0 Å². The van der Waals surface area contributed by atoms with Crippen molar-refractivity contribution in [1.29, 1.82) is 0 Å². The lowest BCUT2D eigenvalue weighted by atomic mass is 9.93. The number of carbonyl (C=O) groups excluding carboxylic acids is 2. The average Bonchev–Trinajstić information content (AvgIpc) is 2.68. The Balaban J connectivity index is 3.09. The molecule has 0 unspecified atom stereocenters. The summed E-state index contributed by atoms with van der Waals surface area (Å²) in [5.74, 6) is -0.259. The highest BCUT2D eigenvalue weighted by Crippen LogP contribution is 2.28. The molecule has 5 nitrogen and oxygen atoms in total. The zero-order valence-electron chi connectivity index (χ0n) is 11.3. The molecule has 0 N–H and O–H groups in total. The second kappa shape index (κ2) is 5.25. The lowest BCUT2D eigenvalue weighted by Crippen LogP contribution is -2.09. The molecule has 0 radical (unpaired) electrons. The van der Waals surface area contributed by atoms with Crippen molar-refractivity contribution in [3.63, 3.8) is 0 Å². The van der Waals surface area contributed by atoms with Crippen molar-refractivity contribution < 1.29 is 23.5 Å². The van der Waals surface area contributed by atoms with Gasteiger partial charge in [-0.05, 0) is 6.07 Å². The third kappa shape index (κ3) is 3.35. The third-order valence-corrected chi connectivity index (χ3v) is 2.35. The Morgan fingerprint density at radius 1 is 1.33 bits per heavy atom. The van der Waals surface area contributed by atoms with Crippen LogP contribution in [0.3, 0.4) is 0 Å². The number of rotatable bonds is 3. The minimum absolute atomic E-state index is 0.000648. The van der Waals surface area contributed by atoms with E-state index in [9.17, 15) is 9.59 Å². The largest absolute Gasteiger partial charge is 0.463 e. The molecule has 0 aromatic carbocycles. The van der Waals surface area contributed by atoms with Crippen molar-refractivity contribution in [2.75, 3.05) is 7.11 Å². The van der Waals surface area contributed by atoms with Gasteiger partial charge in [0.15, 0.2) is 0 Å². The van der Waals surface area contributed by atoms with Crippen molar-refractivity contribution in [3.8, 4) is 0 Å². The molecule has 100 valence electrons. The molecule has 0 fully saturated rings. The molecule has 0 saturated heterocycles. The first-order valence-electron chi connectivity index (χ1n) is 5.60. The van der Waals surface area contributed by atoms with Crippen LogP contribution in [0.25, 0.3) is 0 Å². The first-order valence-corrected chi connectivity index (χ1v) is 5.60. The molecular formula is C13H18O5. The zero-order chi connectivity index (χ0) is 13.9. The topological polar surface area (TPSA) is 65.7 Å². The summed E-state index contributed by atoms with van der Waals surface area (Å²) in [6, 6.07) is 1.72. The van der Waals surface area contributed by atoms with Crippen LogP contribution in [0.2, 0.25) is 0 Å². The number of hydrogen-bond donors (Lipinski definition) is 0. The van der Waals surface area contributed by atoms with Crippen LogP contribution in [-0.4, -0.2) is 19.0 Å². The van der Waals surface area contributed by atoms with E-state index >= 15 is 0 Å². The normalized spacial score (nSPS) is 11.2. The predicted molar refractivity (Wildman–Crippen MR) is 64.2 cm³/mol. The van der Waals surface area contributed by atoms with E-state index in [0.717, 1.165) is 0 Å². The van der Waals surface area contributed by atoms with Crippen molar-refractivity contribution in [2.45, 2.75) is 39.7 Å². The molecule has 0 atom stereocenters. The number of esters is 2. The highest BCUT2D eigenvalue weighted by atomic mass is 16.5. The van der Waals surface area contributed by atoms with E-state index in [1.165, 1.54) is 14.0 Å². The van der Waals surface area contributed by atoms with Crippen LogP contribution in [0, 0.1) is 0 Å². The maximum absolute atomic E-state index is 11.6. The second-order valence-electron chi connectivity index (χ2n) is 4.99. The fourth-order valence-corrected chi connectivity index (χ4v) is 1.35. The van der Waals surface area contributed by atoms with Gasteiger partial charge in [-0.2, -0.15) is 0 Å². The molecule has 1 aromatic rings. The monoisotopic (exact) mass is 254 g/mol. The van der Waals surface area contributed by atoms with Gasteiger partial charge in [0.1, 0.15) is 12.4 Å². The van der Waals surface area contributed by atoms with Crippen molar-refractivity contribution >= 4 is 11.9 Å². The summed E-state index contributed by atoms with van der Waals surface area (Å²) in [5, 5.41) is 0. The van der Waals surface area contributed by atoms with Crippen molar-refractivity contribution in [2.24, 2.45) is 0 Å². The van der Waals surface area contributed by atoms with Crippen LogP contribution in [-0.2, 0) is 26.3 Å². The smallest absolute Gasteiger partial charge is 0.374 e. The maximum Gasteiger partial charge on any atom is 0.374 e. The van der Waals surface area contributed by atoms with Gasteiger partial charge in [0, 0.05) is 17.9 Å². The molecule has 0 spiro atoms. The Bertz CT molecular complexity index is 450. The summed E-state index contributed by atoms with van der Waals surface area (Å²) in [6.45, 7) is 7.19. The van der Waals surface area contributed by atoms with E-state index in [2.05, 4.69) is 4.74 Å². The zero-order valence-corrected chi connectivity index (χ0v) is 11.3. The van der Waals surface area contributed by atoms with Crippen LogP contribution in [0.15, 0.2) is 10.5 Å². The summed E-state index contributed by atoms with van der Waals surface area (Å²) in [6.07, 6.45) is 0. The van der Waals surface area contributed by atoms with E-state index in [-0.39, 0.29) is 17.8 Å². The lowest BCUT2D eigenvalue weighted by Gasteiger charge is -2.13. The van der Waals surface area contributed by atoms with Crippen LogP contribution in [0.4, 0.5) is 0 Å². The van der Waals surface area contributed by atoms with Gasteiger partial charge >= 0.3 is 11.9 Å². The van der Waals surface area contributed by atoms with Gasteiger partial charge in [-0.3, -0.25) is 4.79 Å². The van der Waals surface area contributed by atoms with Crippen molar-refractivity contribution in [3.05, 3.63) is 23.2 Å². The molecule has 18 heavy (non-hydrogen) atoms. The highest BCUT2D eigenvalue weighted by Gasteiger charge is 2.25. The van der Waals surface area contributed by atoms with E-state index in [1.54, 1.807) is 6.07 Å². The van der Waals surface area contributed by atoms with Gasteiger partial charge in [-0.25, -0.2) is 4.79 Å². The molecule has 0 bridgehead atoms. The highest BCUT2D eigenvalue weighted by molar-refractivity contribution is 5.88. The number of furan rings is 1. The number of carbonyl (C=O) groups is 2. The molecule has 0 saturated carbocycles. The number of ether oxygens (including phenoxy) is 2. The van der Waals surface area contributed by atoms with E-state index in [0.29, 0.717) is 11.3 Å². The minimum atomic E-state index is -0.576. The standard InChI is InChI=1S/C13H18O5/c1-8(14)17-7-9-6-10(13(2,3)4)18-11(9)12(15)16-5/h6H,7H2,1-5H3. The molecule has 1 rings (SSSR count). The molecular weight excluding hydrogens is 236 g/mol. The fourth-order valence-electron chi connectivity index (χ4n) is 1.35. The third-order valence-electron chi connectivity index (χ3n) is 2.35. The van der Waals surface area contributed by atoms with Crippen LogP contribution in [0.1, 0.15) is 49.6 Å². The predicted octanol–water partition coefficient (Wildman–Crippen LogP) is 2.43. The van der Waals surface area contributed by atoms with Gasteiger partial charge in [0.25, 0.3) is 0 Å². The van der Waals surface area contributed by atoms with E-state index < -0.39 is 11.9 Å². The average molecular weight is 254 g/mol. The second-order valence-corrected chi connectivity index (χ2v) is 4.99. The van der Waals surface area contributed by atoms with Crippen LogP contribution < -0.4 is 0 Å². The molecule has 5 heteroatoms. The summed E-state index contributed by atoms with van der Waals surface area (Å²) >= 11 is 0. The minimum Gasteiger partial charge on any atom is -0.463 e. The van der Waals surface area contributed by atoms with Crippen LogP contribution >= 0.6 is 0 Å². The molecule has 1 aromatic heterocycles. The summed E-state index contributed by atoms with van der Waals surface area (Å²) < 4.78 is 15.0. The van der Waals surface area contributed by atoms with Gasteiger partial charge in [0.05, 0.1) is 7.11 Å². The Morgan fingerprint density at radius 3 is 2.39 bits per heavy atom. The number of hydrogen-bond acceptors (Lipinski definition) is 5. The van der Waals surface area contributed by atoms with E-state index in [4.69, 9.17) is 9.15 Å². The molecule has 0 aliphatic heterocycles. The Kier molecular flexibility index (Phi) is 4.16. The van der Waals surface area contributed by atoms with Gasteiger partial charge in [-0.15, -0.1) is 0 Å². The van der Waals surface area contributed by atoms with Gasteiger partial charge in [0.2, 0.25) is 5.76 Å². The van der Waals surface area contributed by atoms with E-state index in [1.807, 2.05) is 20.8 Å². The molecule has 1 heterocycles. The quantitative estimate of drug-likeness (QED) is 0.775. The lowest BCUT2D eigenvalue weighted by molar-refractivity contribution is -0.142. The van der Waals surface area contributed by atoms with Crippen molar-refractivity contribution in [1.82, 2.24) is 0 Å². The maximum atomic E-state index is 11.6. The summed E-state index contributed by atoms with van der Waals surface area (Å²) in [5.41, 5.74) is 0.277. The SMILES string of the molecule is COC(=O)c1oc(C(C)(C)C)cc1COC(C)=O. The molecule has 0 aliphatic carbocycles. The van der Waals surface area contributed by atoms with Gasteiger partial charge in [-0.1, -0.05) is 20.8 Å². The molecule has 0 amide bonds. The summed E-state index contributed by atoms with van der Waals surface area (Å²) in [7, 11) is 1.28. The summed E-state index contributed by atoms with van der Waals surface area (Å²) in [4.78, 5) is 22.4. The van der Waals surface area contributed by atoms with Gasteiger partial charge < -0.3 is 13.9 Å². The Labute approximate surface area is 106 Å².